The van der Waals surface area contributed by atoms with Crippen LogP contribution in [0, 0.1) is 0 Å². The molecule has 0 radical (unpaired) electrons. The van der Waals surface area contributed by atoms with Gasteiger partial charge in [-0.1, -0.05) is 24.3 Å². The van der Waals surface area contributed by atoms with Crippen molar-refractivity contribution in [3.05, 3.63) is 53.5 Å². The Morgan fingerprint density at radius 1 is 1.11 bits per heavy atom. The van der Waals surface area contributed by atoms with E-state index in [1.54, 1.807) is 12.4 Å². The molecule has 0 unspecified atom stereocenters. The van der Waals surface area contributed by atoms with Crippen LogP contribution in [-0.2, 0) is 19.6 Å². The van der Waals surface area contributed by atoms with E-state index >= 15 is 0 Å². The topological polar surface area (TPSA) is 49.3 Å². The van der Waals surface area contributed by atoms with Gasteiger partial charge < -0.3 is 10.0 Å². The first-order chi connectivity index (χ1) is 9.36. The quantitative estimate of drug-likeness (QED) is 0.890. The van der Waals surface area contributed by atoms with Gasteiger partial charge in [-0.05, 0) is 24.0 Å². The highest BCUT2D eigenvalue weighted by Crippen LogP contribution is 2.21. The maximum Gasteiger partial charge on any atom is 0.147 e. The van der Waals surface area contributed by atoms with Gasteiger partial charge in [0.15, 0.2) is 0 Å². The summed E-state index contributed by atoms with van der Waals surface area (Å²) in [5.74, 6) is 0.883. The van der Waals surface area contributed by atoms with Gasteiger partial charge in [0, 0.05) is 13.1 Å². The van der Waals surface area contributed by atoms with Crippen LogP contribution in [0.15, 0.2) is 36.7 Å². The summed E-state index contributed by atoms with van der Waals surface area (Å²) >= 11 is 0. The second kappa shape index (κ2) is 5.36. The Morgan fingerprint density at radius 3 is 2.68 bits per heavy atom. The van der Waals surface area contributed by atoms with Crippen LogP contribution >= 0.6 is 0 Å². The number of aliphatic hydroxyl groups is 1. The number of anilines is 1. The minimum Gasteiger partial charge on any atom is -0.390 e. The fourth-order valence-electron chi connectivity index (χ4n) is 2.49. The second-order valence-electron chi connectivity index (χ2n) is 4.82. The van der Waals surface area contributed by atoms with Gasteiger partial charge >= 0.3 is 0 Å². The molecule has 0 saturated heterocycles. The van der Waals surface area contributed by atoms with Gasteiger partial charge in [0.05, 0.1) is 24.7 Å². The van der Waals surface area contributed by atoms with Crippen molar-refractivity contribution < 1.29 is 5.11 Å². The Morgan fingerprint density at radius 2 is 1.95 bits per heavy atom. The van der Waals surface area contributed by atoms with E-state index in [2.05, 4.69) is 39.1 Å². The summed E-state index contributed by atoms with van der Waals surface area (Å²) in [6.45, 7) is 1.81. The molecule has 4 heteroatoms. The number of aliphatic hydroxyl groups excluding tert-OH is 1. The van der Waals surface area contributed by atoms with Crippen LogP contribution in [0.1, 0.15) is 23.2 Å². The van der Waals surface area contributed by atoms with Gasteiger partial charge in [0.2, 0.25) is 0 Å². The highest BCUT2D eigenvalue weighted by Gasteiger charge is 2.15. The Labute approximate surface area is 112 Å². The van der Waals surface area contributed by atoms with Crippen molar-refractivity contribution in [3.63, 3.8) is 0 Å². The van der Waals surface area contributed by atoms with E-state index in [4.69, 9.17) is 5.11 Å². The van der Waals surface area contributed by atoms with Crippen LogP contribution in [0.5, 0.6) is 0 Å². The minimum atomic E-state index is -0.0594. The summed E-state index contributed by atoms with van der Waals surface area (Å²) in [6.07, 6.45) is 5.64. The zero-order valence-electron chi connectivity index (χ0n) is 10.8. The third-order valence-corrected chi connectivity index (χ3v) is 3.53. The Kier molecular flexibility index (Phi) is 3.42. The third kappa shape index (κ3) is 2.58. The van der Waals surface area contributed by atoms with Crippen molar-refractivity contribution in [1.82, 2.24) is 9.97 Å². The molecular weight excluding hydrogens is 238 g/mol. The van der Waals surface area contributed by atoms with Crippen LogP contribution in [0.3, 0.4) is 0 Å². The van der Waals surface area contributed by atoms with Crippen molar-refractivity contribution in [1.29, 1.82) is 0 Å². The number of hydrogen-bond acceptors (Lipinski definition) is 4. The average molecular weight is 255 g/mol. The minimum absolute atomic E-state index is 0.0594. The lowest BCUT2D eigenvalue weighted by atomic mass is 10.0. The number of rotatable bonds is 2. The van der Waals surface area contributed by atoms with E-state index < -0.39 is 0 Å². The van der Waals surface area contributed by atoms with E-state index in [1.165, 1.54) is 11.1 Å². The molecular formula is C15H17N3O. The largest absolute Gasteiger partial charge is 0.390 e. The van der Waals surface area contributed by atoms with E-state index in [1.807, 2.05) is 0 Å². The molecule has 0 atom stereocenters. The van der Waals surface area contributed by atoms with Gasteiger partial charge in [-0.15, -0.1) is 0 Å². The lowest BCUT2D eigenvalue weighted by molar-refractivity contribution is 0.276. The highest BCUT2D eigenvalue weighted by atomic mass is 16.3. The number of benzene rings is 1. The normalized spacial score (nSPS) is 14.9. The summed E-state index contributed by atoms with van der Waals surface area (Å²) in [5, 5.41) is 9.00. The van der Waals surface area contributed by atoms with Crippen molar-refractivity contribution in [2.45, 2.75) is 26.0 Å². The van der Waals surface area contributed by atoms with Crippen molar-refractivity contribution in [2.24, 2.45) is 0 Å². The summed E-state index contributed by atoms with van der Waals surface area (Å²) in [6, 6.07) is 8.58. The van der Waals surface area contributed by atoms with Crippen molar-refractivity contribution >= 4 is 5.82 Å². The molecule has 0 amide bonds. The molecule has 1 aromatic heterocycles. The van der Waals surface area contributed by atoms with Crippen LogP contribution < -0.4 is 4.90 Å². The summed E-state index contributed by atoms with van der Waals surface area (Å²) in [4.78, 5) is 10.8. The number of fused-ring (bicyclic) bond motifs is 1. The zero-order chi connectivity index (χ0) is 13.1. The Balaban J connectivity index is 1.85. The zero-order valence-corrected chi connectivity index (χ0v) is 10.8. The average Bonchev–Trinajstić information content (AvgIpc) is 2.69. The van der Waals surface area contributed by atoms with Crippen LogP contribution in [0.25, 0.3) is 0 Å². The van der Waals surface area contributed by atoms with Gasteiger partial charge in [-0.25, -0.2) is 4.98 Å². The van der Waals surface area contributed by atoms with E-state index in [0.717, 1.165) is 31.7 Å². The molecule has 1 aliphatic heterocycles. The van der Waals surface area contributed by atoms with Gasteiger partial charge in [0.25, 0.3) is 0 Å². The number of aryl methyl sites for hydroxylation is 1. The first-order valence-electron chi connectivity index (χ1n) is 6.60. The maximum absolute atomic E-state index is 9.00. The van der Waals surface area contributed by atoms with Crippen LogP contribution in [0.4, 0.5) is 5.82 Å². The molecule has 1 aliphatic rings. The van der Waals surface area contributed by atoms with E-state index in [9.17, 15) is 0 Å². The number of aromatic nitrogens is 2. The van der Waals surface area contributed by atoms with Gasteiger partial charge in [-0.3, -0.25) is 4.98 Å². The fraction of sp³-hybridized carbons (Fsp3) is 0.333. The summed E-state index contributed by atoms with van der Waals surface area (Å²) in [7, 11) is 0. The maximum atomic E-state index is 9.00. The Hall–Kier alpha value is -1.94. The predicted octanol–water partition coefficient (Wildman–Crippen LogP) is 1.92. The molecule has 0 fully saturated rings. The summed E-state index contributed by atoms with van der Waals surface area (Å²) in [5.41, 5.74) is 3.41. The summed E-state index contributed by atoms with van der Waals surface area (Å²) < 4.78 is 0. The van der Waals surface area contributed by atoms with E-state index in [-0.39, 0.29) is 6.61 Å². The molecule has 0 saturated carbocycles. The first kappa shape index (κ1) is 12.1. The lowest BCUT2D eigenvalue weighted by Crippen LogP contribution is -2.23. The SMILES string of the molecule is OCc1cnc(N2CCCc3ccccc3C2)cn1. The predicted molar refractivity (Wildman–Crippen MR) is 73.8 cm³/mol. The molecule has 0 spiro atoms. The molecule has 1 aromatic carbocycles. The molecule has 4 nitrogen and oxygen atoms in total. The molecule has 0 aliphatic carbocycles. The molecule has 98 valence electrons. The second-order valence-corrected chi connectivity index (χ2v) is 4.82. The van der Waals surface area contributed by atoms with Crippen LogP contribution in [0.2, 0.25) is 0 Å². The Bertz CT molecular complexity index is 554. The van der Waals surface area contributed by atoms with Crippen molar-refractivity contribution in [3.8, 4) is 0 Å². The fourth-order valence-corrected chi connectivity index (χ4v) is 2.49. The monoisotopic (exact) mass is 255 g/mol. The number of nitrogens with zero attached hydrogens (tertiary/aromatic N) is 3. The molecule has 0 bridgehead atoms. The number of hydrogen-bond donors (Lipinski definition) is 1. The van der Waals surface area contributed by atoms with Crippen molar-refractivity contribution in [2.75, 3.05) is 11.4 Å². The molecule has 2 heterocycles. The van der Waals surface area contributed by atoms with Gasteiger partial charge in [0.1, 0.15) is 5.82 Å². The smallest absolute Gasteiger partial charge is 0.147 e. The first-order valence-corrected chi connectivity index (χ1v) is 6.60. The molecule has 19 heavy (non-hydrogen) atoms. The molecule has 1 N–H and O–H groups in total. The molecule has 2 aromatic rings. The van der Waals surface area contributed by atoms with E-state index in [0.29, 0.717) is 5.69 Å². The standard InChI is InChI=1S/C15H17N3O/c19-11-14-8-17-15(9-16-14)18-7-3-6-12-4-1-2-5-13(12)10-18/h1-2,4-5,8-9,19H,3,6-7,10-11H2. The highest BCUT2D eigenvalue weighted by molar-refractivity contribution is 5.40. The van der Waals surface area contributed by atoms with Gasteiger partial charge in [-0.2, -0.15) is 0 Å². The van der Waals surface area contributed by atoms with Crippen LogP contribution in [-0.4, -0.2) is 21.6 Å². The lowest BCUT2D eigenvalue weighted by Gasteiger charge is -2.21. The third-order valence-electron chi connectivity index (χ3n) is 3.53. The molecule has 3 rings (SSSR count).